The molecule has 1 aromatic heterocycles. The van der Waals surface area contributed by atoms with Crippen LogP contribution >= 0.6 is 0 Å². The minimum atomic E-state index is -0.255. The third-order valence-electron chi connectivity index (χ3n) is 3.60. The van der Waals surface area contributed by atoms with Crippen molar-refractivity contribution in [3.05, 3.63) is 78.4 Å². The van der Waals surface area contributed by atoms with Crippen LogP contribution in [0.4, 0.5) is 0 Å². The fraction of sp³-hybridized carbons (Fsp3) is 0.100. The maximum absolute atomic E-state index is 11.6. The van der Waals surface area contributed by atoms with E-state index in [9.17, 15) is 4.79 Å². The molecule has 0 unspecified atom stereocenters. The number of nitrogens with zero attached hydrogens (tertiary/aromatic N) is 1. The largest absolute Gasteiger partial charge is 0.469 e. The average Bonchev–Trinajstić information content (AvgIpc) is 2.63. The van der Waals surface area contributed by atoms with Crippen LogP contribution in [0.15, 0.2) is 72.8 Å². The van der Waals surface area contributed by atoms with Crippen molar-refractivity contribution >= 4 is 5.97 Å². The minimum absolute atomic E-state index is 0.235. The summed E-state index contributed by atoms with van der Waals surface area (Å²) in [5.74, 6) is -0.255. The zero-order valence-electron chi connectivity index (χ0n) is 12.9. The van der Waals surface area contributed by atoms with Crippen LogP contribution in [0.25, 0.3) is 22.5 Å². The molecule has 3 aromatic rings. The second-order valence-corrected chi connectivity index (χ2v) is 5.23. The fourth-order valence-electron chi connectivity index (χ4n) is 2.44. The topological polar surface area (TPSA) is 39.2 Å². The Morgan fingerprint density at radius 1 is 0.870 bits per heavy atom. The predicted octanol–water partition coefficient (Wildman–Crippen LogP) is 4.13. The summed E-state index contributed by atoms with van der Waals surface area (Å²) >= 11 is 0. The zero-order valence-corrected chi connectivity index (χ0v) is 12.9. The summed E-state index contributed by atoms with van der Waals surface area (Å²) in [6.07, 6.45) is 0.235. The zero-order chi connectivity index (χ0) is 16.1. The number of ether oxygens (including phenoxy) is 1. The number of esters is 1. The van der Waals surface area contributed by atoms with E-state index in [2.05, 4.69) is 0 Å². The lowest BCUT2D eigenvalue weighted by Crippen LogP contribution is -2.05. The second kappa shape index (κ2) is 6.88. The Hall–Kier alpha value is -2.94. The number of hydrogen-bond donors (Lipinski definition) is 0. The molecule has 0 spiro atoms. The SMILES string of the molecule is COC(=O)Cc1cc(-c2ccccc2)nc(-c2ccccc2)c1. The first-order valence-electron chi connectivity index (χ1n) is 7.45. The van der Waals surface area contributed by atoms with Crippen LogP contribution in [0.5, 0.6) is 0 Å². The second-order valence-electron chi connectivity index (χ2n) is 5.23. The van der Waals surface area contributed by atoms with E-state index in [1.165, 1.54) is 7.11 Å². The lowest BCUT2D eigenvalue weighted by Gasteiger charge is -2.09. The lowest BCUT2D eigenvalue weighted by molar-refractivity contribution is -0.139. The molecule has 23 heavy (non-hydrogen) atoms. The molecular formula is C20H17NO2. The molecule has 114 valence electrons. The number of rotatable bonds is 4. The quantitative estimate of drug-likeness (QED) is 0.680. The van der Waals surface area contributed by atoms with Crippen LogP contribution in [0.1, 0.15) is 5.56 Å². The van der Waals surface area contributed by atoms with Crippen LogP contribution < -0.4 is 0 Å². The van der Waals surface area contributed by atoms with Crippen LogP contribution in [-0.4, -0.2) is 18.1 Å². The van der Waals surface area contributed by atoms with E-state index in [-0.39, 0.29) is 12.4 Å². The number of benzene rings is 2. The van der Waals surface area contributed by atoms with Crippen LogP contribution in [0, 0.1) is 0 Å². The van der Waals surface area contributed by atoms with Gasteiger partial charge in [0, 0.05) is 11.1 Å². The number of carbonyl (C=O) groups excluding carboxylic acids is 1. The van der Waals surface area contributed by atoms with E-state index in [0.29, 0.717) is 0 Å². The van der Waals surface area contributed by atoms with Crippen LogP contribution in [0.3, 0.4) is 0 Å². The van der Waals surface area contributed by atoms with Crippen molar-refractivity contribution < 1.29 is 9.53 Å². The van der Waals surface area contributed by atoms with Gasteiger partial charge in [-0.05, 0) is 17.7 Å². The van der Waals surface area contributed by atoms with Crippen molar-refractivity contribution in [2.75, 3.05) is 7.11 Å². The van der Waals surface area contributed by atoms with Crippen LogP contribution in [-0.2, 0) is 16.0 Å². The van der Waals surface area contributed by atoms with Gasteiger partial charge in [0.2, 0.25) is 0 Å². The number of hydrogen-bond acceptors (Lipinski definition) is 3. The molecular weight excluding hydrogens is 286 g/mol. The van der Waals surface area contributed by atoms with Gasteiger partial charge in [0.25, 0.3) is 0 Å². The molecule has 0 aliphatic carbocycles. The molecule has 0 saturated heterocycles. The van der Waals surface area contributed by atoms with Gasteiger partial charge in [-0.3, -0.25) is 4.79 Å². The van der Waals surface area contributed by atoms with E-state index in [4.69, 9.17) is 9.72 Å². The molecule has 0 fully saturated rings. The summed E-state index contributed by atoms with van der Waals surface area (Å²) in [6, 6.07) is 23.8. The highest BCUT2D eigenvalue weighted by Gasteiger charge is 2.10. The van der Waals surface area contributed by atoms with Gasteiger partial charge in [-0.15, -0.1) is 0 Å². The molecule has 0 atom stereocenters. The molecule has 0 radical (unpaired) electrons. The Bertz CT molecular complexity index is 741. The summed E-state index contributed by atoms with van der Waals surface area (Å²) in [7, 11) is 1.40. The Balaban J connectivity index is 2.09. The lowest BCUT2D eigenvalue weighted by atomic mass is 10.0. The monoisotopic (exact) mass is 303 g/mol. The molecule has 0 aliphatic rings. The van der Waals surface area contributed by atoms with Crippen molar-refractivity contribution in [2.45, 2.75) is 6.42 Å². The number of methoxy groups -OCH3 is 1. The Kier molecular flexibility index (Phi) is 4.48. The standard InChI is InChI=1S/C20H17NO2/c1-23-20(22)14-15-12-18(16-8-4-2-5-9-16)21-19(13-15)17-10-6-3-7-11-17/h2-13H,14H2,1H3. The molecule has 0 amide bonds. The van der Waals surface area contributed by atoms with Gasteiger partial charge in [0.1, 0.15) is 0 Å². The van der Waals surface area contributed by atoms with Crippen molar-refractivity contribution in [3.8, 4) is 22.5 Å². The molecule has 3 heteroatoms. The summed E-state index contributed by atoms with van der Waals surface area (Å²) in [4.78, 5) is 16.4. The first-order valence-corrected chi connectivity index (χ1v) is 7.45. The van der Waals surface area contributed by atoms with Gasteiger partial charge in [-0.2, -0.15) is 0 Å². The molecule has 3 rings (SSSR count). The molecule has 2 aromatic carbocycles. The maximum atomic E-state index is 11.6. The Morgan fingerprint density at radius 2 is 1.35 bits per heavy atom. The van der Waals surface area contributed by atoms with E-state index >= 15 is 0 Å². The van der Waals surface area contributed by atoms with Gasteiger partial charge >= 0.3 is 5.97 Å². The summed E-state index contributed by atoms with van der Waals surface area (Å²) < 4.78 is 4.79. The smallest absolute Gasteiger partial charge is 0.309 e. The molecule has 0 aliphatic heterocycles. The highest BCUT2D eigenvalue weighted by Crippen LogP contribution is 2.25. The number of pyridine rings is 1. The predicted molar refractivity (Wildman–Crippen MR) is 90.8 cm³/mol. The average molecular weight is 303 g/mol. The third-order valence-corrected chi connectivity index (χ3v) is 3.60. The summed E-state index contributed by atoms with van der Waals surface area (Å²) in [5, 5.41) is 0. The highest BCUT2D eigenvalue weighted by atomic mass is 16.5. The molecule has 1 heterocycles. The van der Waals surface area contributed by atoms with Gasteiger partial charge in [0.15, 0.2) is 0 Å². The molecule has 0 N–H and O–H groups in total. The Morgan fingerprint density at radius 3 is 1.78 bits per heavy atom. The normalized spacial score (nSPS) is 10.3. The van der Waals surface area contributed by atoms with E-state index in [1.54, 1.807) is 0 Å². The van der Waals surface area contributed by atoms with Crippen LogP contribution in [0.2, 0.25) is 0 Å². The molecule has 0 saturated carbocycles. The Labute approximate surface area is 135 Å². The molecule has 0 bridgehead atoms. The summed E-state index contributed by atoms with van der Waals surface area (Å²) in [5.41, 5.74) is 4.65. The molecule has 3 nitrogen and oxygen atoms in total. The minimum Gasteiger partial charge on any atom is -0.469 e. The van der Waals surface area contributed by atoms with Gasteiger partial charge < -0.3 is 4.74 Å². The maximum Gasteiger partial charge on any atom is 0.309 e. The highest BCUT2D eigenvalue weighted by molar-refractivity contribution is 5.75. The first-order chi connectivity index (χ1) is 11.3. The van der Waals surface area contributed by atoms with Crippen molar-refractivity contribution in [2.24, 2.45) is 0 Å². The van der Waals surface area contributed by atoms with Gasteiger partial charge in [-0.25, -0.2) is 4.98 Å². The number of carbonyl (C=O) groups is 1. The first kappa shape index (κ1) is 15.0. The van der Waals surface area contributed by atoms with Crippen molar-refractivity contribution in [1.29, 1.82) is 0 Å². The fourth-order valence-corrected chi connectivity index (χ4v) is 2.44. The number of aromatic nitrogens is 1. The van der Waals surface area contributed by atoms with E-state index in [0.717, 1.165) is 28.1 Å². The van der Waals surface area contributed by atoms with Gasteiger partial charge in [0.05, 0.1) is 24.9 Å². The van der Waals surface area contributed by atoms with E-state index in [1.807, 2.05) is 72.8 Å². The van der Waals surface area contributed by atoms with Crippen molar-refractivity contribution in [1.82, 2.24) is 4.98 Å². The third kappa shape index (κ3) is 3.64. The van der Waals surface area contributed by atoms with E-state index < -0.39 is 0 Å². The van der Waals surface area contributed by atoms with Crippen molar-refractivity contribution in [3.63, 3.8) is 0 Å². The van der Waals surface area contributed by atoms with Gasteiger partial charge in [-0.1, -0.05) is 60.7 Å². The summed E-state index contributed by atoms with van der Waals surface area (Å²) in [6.45, 7) is 0.